The number of nitrogens with zero attached hydrogens (tertiary/aromatic N) is 2. The van der Waals surface area contributed by atoms with Crippen molar-refractivity contribution in [3.05, 3.63) is 65.8 Å². The van der Waals surface area contributed by atoms with Gasteiger partial charge < -0.3 is 4.74 Å². The van der Waals surface area contributed by atoms with Crippen LogP contribution in [-0.4, -0.2) is 36.9 Å². The SMILES string of the molecule is O=S(=O)(c1cccc(Cl)c1)N1CCC(Oc2cccc3cccnc23)C1. The number of halogens is 1. The summed E-state index contributed by atoms with van der Waals surface area (Å²) in [7, 11) is -3.58. The van der Waals surface area contributed by atoms with Gasteiger partial charge in [-0.1, -0.05) is 35.9 Å². The van der Waals surface area contributed by atoms with Crippen LogP contribution in [0.5, 0.6) is 5.75 Å². The van der Waals surface area contributed by atoms with Gasteiger partial charge in [-0.3, -0.25) is 4.98 Å². The molecule has 0 N–H and O–H groups in total. The number of fused-ring (bicyclic) bond motifs is 1. The number of benzene rings is 2. The van der Waals surface area contributed by atoms with Crippen molar-refractivity contribution < 1.29 is 13.2 Å². The summed E-state index contributed by atoms with van der Waals surface area (Å²) in [5.41, 5.74) is 0.783. The molecule has 0 radical (unpaired) electrons. The van der Waals surface area contributed by atoms with Gasteiger partial charge in [-0.25, -0.2) is 8.42 Å². The smallest absolute Gasteiger partial charge is 0.243 e. The van der Waals surface area contributed by atoms with E-state index < -0.39 is 10.0 Å². The summed E-state index contributed by atoms with van der Waals surface area (Å²) in [4.78, 5) is 4.58. The molecule has 1 saturated heterocycles. The van der Waals surface area contributed by atoms with Crippen molar-refractivity contribution in [1.29, 1.82) is 0 Å². The first-order valence-electron chi connectivity index (χ1n) is 8.30. The van der Waals surface area contributed by atoms with E-state index in [1.807, 2.05) is 30.3 Å². The van der Waals surface area contributed by atoms with Crippen LogP contribution >= 0.6 is 11.6 Å². The highest BCUT2D eigenvalue weighted by Crippen LogP contribution is 2.28. The highest BCUT2D eigenvalue weighted by Gasteiger charge is 2.34. The Balaban J connectivity index is 1.53. The van der Waals surface area contributed by atoms with E-state index in [-0.39, 0.29) is 11.0 Å². The Morgan fingerprint density at radius 2 is 1.92 bits per heavy atom. The van der Waals surface area contributed by atoms with Crippen molar-refractivity contribution >= 4 is 32.5 Å². The second-order valence-electron chi connectivity index (χ2n) is 6.18. The summed E-state index contributed by atoms with van der Waals surface area (Å²) in [5, 5.41) is 1.39. The van der Waals surface area contributed by atoms with Crippen LogP contribution in [0.25, 0.3) is 10.9 Å². The van der Waals surface area contributed by atoms with E-state index in [4.69, 9.17) is 16.3 Å². The van der Waals surface area contributed by atoms with Gasteiger partial charge in [0.05, 0.1) is 11.4 Å². The Morgan fingerprint density at radius 1 is 1.12 bits per heavy atom. The largest absolute Gasteiger partial charge is 0.487 e. The lowest BCUT2D eigenvalue weighted by Gasteiger charge is -2.18. The lowest BCUT2D eigenvalue weighted by atomic mass is 10.2. The van der Waals surface area contributed by atoms with Crippen LogP contribution in [0.15, 0.2) is 65.7 Å². The Hall–Kier alpha value is -2.15. The van der Waals surface area contributed by atoms with Crippen molar-refractivity contribution in [3.63, 3.8) is 0 Å². The predicted octanol–water partition coefficient (Wildman–Crippen LogP) is 3.73. The zero-order valence-electron chi connectivity index (χ0n) is 13.9. The Labute approximate surface area is 157 Å². The van der Waals surface area contributed by atoms with Gasteiger partial charge in [0.1, 0.15) is 17.4 Å². The topological polar surface area (TPSA) is 59.5 Å². The zero-order chi connectivity index (χ0) is 18.1. The molecule has 1 unspecified atom stereocenters. The molecule has 1 atom stereocenters. The zero-order valence-corrected chi connectivity index (χ0v) is 15.4. The Morgan fingerprint density at radius 3 is 2.77 bits per heavy atom. The molecule has 134 valence electrons. The average molecular weight is 389 g/mol. The molecule has 5 nitrogen and oxygen atoms in total. The fourth-order valence-corrected chi connectivity index (χ4v) is 4.93. The van der Waals surface area contributed by atoms with Gasteiger partial charge in [0, 0.05) is 23.2 Å². The highest BCUT2D eigenvalue weighted by molar-refractivity contribution is 7.89. The first-order chi connectivity index (χ1) is 12.5. The van der Waals surface area contributed by atoms with Crippen LogP contribution in [0.4, 0.5) is 0 Å². The minimum Gasteiger partial charge on any atom is -0.487 e. The predicted molar refractivity (Wildman–Crippen MR) is 101 cm³/mol. The summed E-state index contributed by atoms with van der Waals surface area (Å²) in [6.45, 7) is 0.718. The fraction of sp³-hybridized carbons (Fsp3) is 0.211. The number of pyridine rings is 1. The number of sulfonamides is 1. The number of rotatable bonds is 4. The molecule has 1 aliphatic rings. The lowest BCUT2D eigenvalue weighted by molar-refractivity contribution is 0.218. The van der Waals surface area contributed by atoms with Gasteiger partial charge in [0.25, 0.3) is 0 Å². The molecule has 1 aromatic heterocycles. The number of para-hydroxylation sites is 1. The molecule has 0 aliphatic carbocycles. The van der Waals surface area contributed by atoms with Crippen molar-refractivity contribution in [2.24, 2.45) is 0 Å². The van der Waals surface area contributed by atoms with Crippen LogP contribution in [0.2, 0.25) is 5.02 Å². The maximum Gasteiger partial charge on any atom is 0.243 e. The molecule has 0 spiro atoms. The van der Waals surface area contributed by atoms with Gasteiger partial charge in [0.2, 0.25) is 10.0 Å². The summed E-state index contributed by atoms with van der Waals surface area (Å²) < 4.78 is 33.1. The van der Waals surface area contributed by atoms with E-state index in [1.165, 1.54) is 10.4 Å². The van der Waals surface area contributed by atoms with Crippen LogP contribution in [-0.2, 0) is 10.0 Å². The standard InChI is InChI=1S/C19H17ClN2O3S/c20-15-6-2-7-17(12-15)26(23,24)22-11-9-16(13-22)25-18-8-1-4-14-5-3-10-21-19(14)18/h1-8,10,12,16H,9,11,13H2. The third-order valence-electron chi connectivity index (χ3n) is 4.43. The monoisotopic (exact) mass is 388 g/mol. The number of hydrogen-bond donors (Lipinski definition) is 0. The third kappa shape index (κ3) is 3.28. The van der Waals surface area contributed by atoms with Crippen LogP contribution in [0.1, 0.15) is 6.42 Å². The van der Waals surface area contributed by atoms with Gasteiger partial charge >= 0.3 is 0 Å². The highest BCUT2D eigenvalue weighted by atomic mass is 35.5. The van der Waals surface area contributed by atoms with E-state index in [9.17, 15) is 8.42 Å². The summed E-state index contributed by atoms with van der Waals surface area (Å²) in [5.74, 6) is 0.676. The average Bonchev–Trinajstić information content (AvgIpc) is 3.11. The molecule has 0 bridgehead atoms. The summed E-state index contributed by atoms with van der Waals surface area (Å²) >= 11 is 5.93. The fourth-order valence-electron chi connectivity index (χ4n) is 3.14. The van der Waals surface area contributed by atoms with Crippen LogP contribution in [0, 0.1) is 0 Å². The third-order valence-corrected chi connectivity index (χ3v) is 6.53. The molecule has 7 heteroatoms. The molecule has 0 amide bonds. The van der Waals surface area contributed by atoms with Gasteiger partial charge in [-0.2, -0.15) is 4.31 Å². The van der Waals surface area contributed by atoms with Crippen LogP contribution in [0.3, 0.4) is 0 Å². The van der Waals surface area contributed by atoms with E-state index in [0.29, 0.717) is 30.3 Å². The second-order valence-corrected chi connectivity index (χ2v) is 8.55. The maximum atomic E-state index is 12.8. The normalized spacial score (nSPS) is 18.3. The van der Waals surface area contributed by atoms with E-state index in [1.54, 1.807) is 24.4 Å². The van der Waals surface area contributed by atoms with Gasteiger partial charge in [0.15, 0.2) is 0 Å². The molecule has 0 saturated carbocycles. The Kier molecular flexibility index (Phi) is 4.56. The first-order valence-corrected chi connectivity index (χ1v) is 10.1. The number of ether oxygens (including phenoxy) is 1. The summed E-state index contributed by atoms with van der Waals surface area (Å²) in [6, 6.07) is 15.9. The molecule has 26 heavy (non-hydrogen) atoms. The first kappa shape index (κ1) is 17.3. The van der Waals surface area contributed by atoms with Gasteiger partial charge in [-0.05, 0) is 36.8 Å². The summed E-state index contributed by atoms with van der Waals surface area (Å²) in [6.07, 6.45) is 2.14. The maximum absolute atomic E-state index is 12.8. The van der Waals surface area contributed by atoms with Crippen LogP contribution < -0.4 is 4.74 Å². The van der Waals surface area contributed by atoms with Crippen molar-refractivity contribution in [2.75, 3.05) is 13.1 Å². The minimum absolute atomic E-state index is 0.206. The van der Waals surface area contributed by atoms with E-state index >= 15 is 0 Å². The molecule has 3 aromatic rings. The van der Waals surface area contributed by atoms with Crippen molar-refractivity contribution in [3.8, 4) is 5.75 Å². The van der Waals surface area contributed by atoms with Gasteiger partial charge in [-0.15, -0.1) is 0 Å². The quantitative estimate of drug-likeness (QED) is 0.683. The molecule has 4 rings (SSSR count). The molecule has 1 fully saturated rings. The molecular formula is C19H17ClN2O3S. The number of aromatic nitrogens is 1. The molecule has 1 aliphatic heterocycles. The minimum atomic E-state index is -3.58. The van der Waals surface area contributed by atoms with E-state index in [2.05, 4.69) is 4.98 Å². The molecular weight excluding hydrogens is 372 g/mol. The Bertz CT molecular complexity index is 1050. The second kappa shape index (κ2) is 6.87. The van der Waals surface area contributed by atoms with Crippen molar-refractivity contribution in [2.45, 2.75) is 17.4 Å². The lowest BCUT2D eigenvalue weighted by Crippen LogP contribution is -2.31. The molecule has 2 aromatic carbocycles. The van der Waals surface area contributed by atoms with E-state index in [0.717, 1.165) is 10.9 Å². The van der Waals surface area contributed by atoms with Crippen molar-refractivity contribution in [1.82, 2.24) is 9.29 Å². The number of hydrogen-bond acceptors (Lipinski definition) is 4. The molecule has 2 heterocycles.